The normalized spacial score (nSPS) is 26.3. The summed E-state index contributed by atoms with van der Waals surface area (Å²) < 4.78 is 13.2. The van der Waals surface area contributed by atoms with Crippen molar-refractivity contribution in [1.29, 1.82) is 0 Å². The molecular weight excluding hydrogens is 306 g/mol. The Bertz CT molecular complexity index is 540. The highest BCUT2D eigenvalue weighted by atomic mass is 16.5. The fraction of sp³-hybridized carbons (Fsp3) is 0.833. The number of aryl methyl sites for hydroxylation is 2. The molecule has 6 nitrogen and oxygen atoms in total. The second kappa shape index (κ2) is 7.95. The third-order valence-corrected chi connectivity index (χ3v) is 5.35. The van der Waals surface area contributed by atoms with Gasteiger partial charge in [-0.1, -0.05) is 0 Å². The minimum atomic E-state index is -0.454. The third-order valence-electron chi connectivity index (χ3n) is 5.35. The van der Waals surface area contributed by atoms with E-state index in [9.17, 15) is 5.11 Å². The first-order valence-electron chi connectivity index (χ1n) is 9.17. The highest BCUT2D eigenvalue weighted by molar-refractivity contribution is 5.29. The molecular formula is C18H31N3O3. The summed E-state index contributed by atoms with van der Waals surface area (Å²) in [6.07, 6.45) is 4.26. The first-order valence-corrected chi connectivity index (χ1v) is 9.17. The highest BCUT2D eigenvalue weighted by Crippen LogP contribution is 2.35. The Morgan fingerprint density at radius 2 is 2.17 bits per heavy atom. The predicted octanol–water partition coefficient (Wildman–Crippen LogP) is 1.73. The van der Waals surface area contributed by atoms with E-state index >= 15 is 0 Å². The molecule has 0 spiro atoms. The summed E-state index contributed by atoms with van der Waals surface area (Å²) in [5.41, 5.74) is 3.67. The summed E-state index contributed by atoms with van der Waals surface area (Å²) in [7, 11) is 2.00. The van der Waals surface area contributed by atoms with E-state index in [2.05, 4.69) is 23.8 Å². The van der Waals surface area contributed by atoms with Gasteiger partial charge in [-0.2, -0.15) is 5.10 Å². The van der Waals surface area contributed by atoms with Crippen molar-refractivity contribution < 1.29 is 14.6 Å². The van der Waals surface area contributed by atoms with Crippen LogP contribution < -0.4 is 0 Å². The second-order valence-corrected chi connectivity index (χ2v) is 7.19. The summed E-state index contributed by atoms with van der Waals surface area (Å²) in [5.74, 6) is 0. The van der Waals surface area contributed by atoms with Crippen LogP contribution >= 0.6 is 0 Å². The molecule has 3 rings (SSSR count). The van der Waals surface area contributed by atoms with Crippen LogP contribution in [0.3, 0.4) is 0 Å². The van der Waals surface area contributed by atoms with E-state index in [0.29, 0.717) is 25.8 Å². The zero-order chi connectivity index (χ0) is 17.1. The molecule has 24 heavy (non-hydrogen) atoms. The smallest absolute Gasteiger partial charge is 0.0900 e. The maximum atomic E-state index is 10.4. The van der Waals surface area contributed by atoms with Gasteiger partial charge in [-0.3, -0.25) is 9.58 Å². The van der Waals surface area contributed by atoms with Gasteiger partial charge in [0.25, 0.3) is 0 Å². The summed E-state index contributed by atoms with van der Waals surface area (Å²) in [4.78, 5) is 2.39. The predicted molar refractivity (Wildman–Crippen MR) is 92.0 cm³/mol. The first-order chi connectivity index (χ1) is 11.6. The molecule has 1 aromatic heterocycles. The van der Waals surface area contributed by atoms with Gasteiger partial charge >= 0.3 is 0 Å². The highest BCUT2D eigenvalue weighted by Gasteiger charge is 2.31. The molecule has 3 atom stereocenters. The number of ether oxygens (including phenoxy) is 2. The van der Waals surface area contributed by atoms with Crippen LogP contribution in [-0.4, -0.2) is 64.9 Å². The van der Waals surface area contributed by atoms with E-state index in [-0.39, 0.29) is 6.10 Å². The van der Waals surface area contributed by atoms with Crippen molar-refractivity contribution in [2.45, 2.75) is 57.8 Å². The molecule has 0 amide bonds. The van der Waals surface area contributed by atoms with Gasteiger partial charge in [-0.15, -0.1) is 0 Å². The Hall–Kier alpha value is -0.950. The molecule has 1 aromatic rings. The summed E-state index contributed by atoms with van der Waals surface area (Å²) in [5, 5.41) is 14.9. The molecule has 0 bridgehead atoms. The van der Waals surface area contributed by atoms with Crippen LogP contribution in [0.2, 0.25) is 0 Å². The van der Waals surface area contributed by atoms with Crippen LogP contribution in [-0.2, 0) is 16.5 Å². The number of rotatable bonds is 7. The Morgan fingerprint density at radius 1 is 1.33 bits per heavy atom. The van der Waals surface area contributed by atoms with Crippen molar-refractivity contribution >= 4 is 0 Å². The SMILES string of the molecule is Cc1nn(C)c(C)c1[C@@H]1CCCN1C[C@H](O)COC[C@@H]1CCCO1. The van der Waals surface area contributed by atoms with Gasteiger partial charge in [0, 0.05) is 37.5 Å². The standard InChI is InChI=1S/C18H31N3O3/c1-13-18(14(2)20(3)19-13)17-7-4-8-21(17)10-15(22)11-23-12-16-6-5-9-24-16/h15-17,22H,4-12H2,1-3H3/t15-,16-,17-/m0/s1. The van der Waals surface area contributed by atoms with E-state index in [1.807, 2.05) is 11.7 Å². The van der Waals surface area contributed by atoms with Gasteiger partial charge in [0.1, 0.15) is 0 Å². The molecule has 6 heteroatoms. The molecule has 136 valence electrons. The fourth-order valence-corrected chi connectivity index (χ4v) is 4.08. The third kappa shape index (κ3) is 3.99. The average molecular weight is 337 g/mol. The molecule has 2 saturated heterocycles. The topological polar surface area (TPSA) is 59.8 Å². The summed E-state index contributed by atoms with van der Waals surface area (Å²) >= 11 is 0. The van der Waals surface area contributed by atoms with Gasteiger partial charge in [0.2, 0.25) is 0 Å². The zero-order valence-corrected chi connectivity index (χ0v) is 15.2. The number of β-amino-alcohol motifs (C(OH)–C–C–N with tert-alkyl or cyclic N) is 1. The number of nitrogens with zero attached hydrogens (tertiary/aromatic N) is 3. The van der Waals surface area contributed by atoms with Crippen LogP contribution in [0.4, 0.5) is 0 Å². The molecule has 3 heterocycles. The van der Waals surface area contributed by atoms with Crippen molar-refractivity contribution in [2.24, 2.45) is 7.05 Å². The van der Waals surface area contributed by atoms with E-state index in [0.717, 1.165) is 38.1 Å². The van der Waals surface area contributed by atoms with Gasteiger partial charge in [-0.25, -0.2) is 0 Å². The Kier molecular flexibility index (Phi) is 5.92. The lowest BCUT2D eigenvalue weighted by atomic mass is 10.0. The van der Waals surface area contributed by atoms with Crippen molar-refractivity contribution in [3.05, 3.63) is 17.0 Å². The Morgan fingerprint density at radius 3 is 2.83 bits per heavy atom. The van der Waals surface area contributed by atoms with E-state index in [1.165, 1.54) is 17.7 Å². The van der Waals surface area contributed by atoms with Crippen molar-refractivity contribution in [1.82, 2.24) is 14.7 Å². The van der Waals surface area contributed by atoms with E-state index in [1.54, 1.807) is 0 Å². The minimum Gasteiger partial charge on any atom is -0.389 e. The van der Waals surface area contributed by atoms with Gasteiger partial charge in [-0.05, 0) is 46.1 Å². The largest absolute Gasteiger partial charge is 0.389 e. The van der Waals surface area contributed by atoms with Crippen LogP contribution in [0.1, 0.15) is 48.7 Å². The van der Waals surface area contributed by atoms with E-state index < -0.39 is 6.10 Å². The minimum absolute atomic E-state index is 0.220. The van der Waals surface area contributed by atoms with Gasteiger partial charge in [0.15, 0.2) is 0 Å². The summed E-state index contributed by atoms with van der Waals surface area (Å²) in [6.45, 7) is 7.73. The van der Waals surface area contributed by atoms with Crippen molar-refractivity contribution in [3.63, 3.8) is 0 Å². The quantitative estimate of drug-likeness (QED) is 0.821. The second-order valence-electron chi connectivity index (χ2n) is 7.19. The van der Waals surface area contributed by atoms with Gasteiger partial charge in [0.05, 0.1) is 31.1 Å². The van der Waals surface area contributed by atoms with Crippen LogP contribution in [0.5, 0.6) is 0 Å². The fourth-order valence-electron chi connectivity index (χ4n) is 4.08. The number of likely N-dealkylation sites (tertiary alicyclic amines) is 1. The monoisotopic (exact) mass is 337 g/mol. The molecule has 0 unspecified atom stereocenters. The Balaban J connectivity index is 1.51. The molecule has 0 radical (unpaired) electrons. The number of hydrogen-bond acceptors (Lipinski definition) is 5. The maximum Gasteiger partial charge on any atom is 0.0900 e. The first kappa shape index (κ1) is 17.9. The van der Waals surface area contributed by atoms with Crippen LogP contribution in [0, 0.1) is 13.8 Å². The zero-order valence-electron chi connectivity index (χ0n) is 15.2. The van der Waals surface area contributed by atoms with Crippen molar-refractivity contribution in [2.75, 3.05) is 32.9 Å². The molecule has 0 aliphatic carbocycles. The molecule has 2 aliphatic rings. The van der Waals surface area contributed by atoms with Gasteiger partial charge < -0.3 is 14.6 Å². The number of aliphatic hydroxyl groups excluding tert-OH is 1. The maximum absolute atomic E-state index is 10.4. The molecule has 1 N–H and O–H groups in total. The van der Waals surface area contributed by atoms with Crippen molar-refractivity contribution in [3.8, 4) is 0 Å². The number of aliphatic hydroxyl groups is 1. The summed E-state index contributed by atoms with van der Waals surface area (Å²) in [6, 6.07) is 0.367. The molecule has 2 aliphatic heterocycles. The number of hydrogen-bond donors (Lipinski definition) is 1. The van der Waals surface area contributed by atoms with E-state index in [4.69, 9.17) is 9.47 Å². The molecule has 0 saturated carbocycles. The molecule has 2 fully saturated rings. The van der Waals surface area contributed by atoms with Crippen LogP contribution in [0.15, 0.2) is 0 Å². The lowest BCUT2D eigenvalue weighted by Crippen LogP contribution is -2.35. The van der Waals surface area contributed by atoms with Crippen LogP contribution in [0.25, 0.3) is 0 Å². The Labute approximate surface area is 144 Å². The lowest BCUT2D eigenvalue weighted by molar-refractivity contribution is -0.0262. The number of aromatic nitrogens is 2. The molecule has 0 aromatic carbocycles. The lowest BCUT2D eigenvalue weighted by Gasteiger charge is -2.27. The average Bonchev–Trinajstić information content (AvgIpc) is 3.24.